The molecule has 19 heavy (non-hydrogen) atoms. The summed E-state index contributed by atoms with van der Waals surface area (Å²) >= 11 is 6.05. The molecule has 5 heteroatoms. The maximum Gasteiger partial charge on any atom is 0.126 e. The number of hydrogen-bond donors (Lipinski definition) is 2. The zero-order valence-electron chi connectivity index (χ0n) is 10.3. The van der Waals surface area contributed by atoms with Crippen LogP contribution >= 0.6 is 11.6 Å². The van der Waals surface area contributed by atoms with Gasteiger partial charge in [-0.05, 0) is 41.8 Å². The van der Waals surface area contributed by atoms with E-state index in [0.717, 1.165) is 17.2 Å². The van der Waals surface area contributed by atoms with Crippen molar-refractivity contribution in [3.63, 3.8) is 0 Å². The highest BCUT2D eigenvalue weighted by atomic mass is 35.5. The van der Waals surface area contributed by atoms with Gasteiger partial charge in [0, 0.05) is 11.1 Å². The van der Waals surface area contributed by atoms with E-state index in [9.17, 15) is 8.78 Å². The van der Waals surface area contributed by atoms with Crippen LogP contribution in [-0.2, 0) is 0 Å². The fourth-order valence-corrected chi connectivity index (χ4v) is 2.23. The van der Waals surface area contributed by atoms with E-state index in [4.69, 9.17) is 17.4 Å². The molecule has 2 nitrogen and oxygen atoms in total. The molecular weight excluding hydrogens is 270 g/mol. The van der Waals surface area contributed by atoms with Gasteiger partial charge < -0.3 is 0 Å². The van der Waals surface area contributed by atoms with Crippen LogP contribution in [-0.4, -0.2) is 0 Å². The molecule has 0 aliphatic heterocycles. The molecule has 2 aromatic carbocycles. The highest BCUT2D eigenvalue weighted by molar-refractivity contribution is 6.31. The Bertz CT molecular complexity index is 582. The average Bonchev–Trinajstić information content (AvgIpc) is 2.34. The predicted molar refractivity (Wildman–Crippen MR) is 71.7 cm³/mol. The van der Waals surface area contributed by atoms with Crippen molar-refractivity contribution in [1.82, 2.24) is 5.43 Å². The first-order valence-corrected chi connectivity index (χ1v) is 6.08. The minimum atomic E-state index is -0.644. The Morgan fingerprint density at radius 1 is 1.16 bits per heavy atom. The summed E-state index contributed by atoms with van der Waals surface area (Å²) in [5.41, 5.74) is 4.57. The maximum atomic E-state index is 13.3. The number of nitrogens with one attached hydrogen (secondary N) is 1. The van der Waals surface area contributed by atoms with Gasteiger partial charge in [0.05, 0.1) is 6.04 Å². The van der Waals surface area contributed by atoms with Gasteiger partial charge in [-0.15, -0.1) is 0 Å². The van der Waals surface area contributed by atoms with Crippen molar-refractivity contribution >= 4 is 11.6 Å². The SMILES string of the molecule is Cc1c(Cl)cccc1C(NN)c1cc(F)cc(F)c1. The van der Waals surface area contributed by atoms with E-state index in [1.165, 1.54) is 12.1 Å². The smallest absolute Gasteiger partial charge is 0.126 e. The fraction of sp³-hybridized carbons (Fsp3) is 0.143. The van der Waals surface area contributed by atoms with Crippen molar-refractivity contribution in [1.29, 1.82) is 0 Å². The van der Waals surface area contributed by atoms with E-state index in [-0.39, 0.29) is 0 Å². The lowest BCUT2D eigenvalue weighted by Crippen LogP contribution is -2.29. The first-order chi connectivity index (χ1) is 9.02. The molecule has 1 unspecified atom stereocenters. The van der Waals surface area contributed by atoms with Gasteiger partial charge in [-0.1, -0.05) is 23.7 Å². The zero-order valence-corrected chi connectivity index (χ0v) is 11.0. The molecule has 0 heterocycles. The highest BCUT2D eigenvalue weighted by Crippen LogP contribution is 2.29. The Morgan fingerprint density at radius 3 is 2.37 bits per heavy atom. The standard InChI is InChI=1S/C14H13ClF2N2/c1-8-12(3-2-4-13(8)15)14(19-18)9-5-10(16)7-11(17)6-9/h2-7,14,19H,18H2,1H3. The van der Waals surface area contributed by atoms with Crippen LogP contribution in [0.1, 0.15) is 22.7 Å². The van der Waals surface area contributed by atoms with Crippen LogP contribution in [0.15, 0.2) is 36.4 Å². The molecule has 2 rings (SSSR count). The Kier molecular flexibility index (Phi) is 4.14. The summed E-state index contributed by atoms with van der Waals surface area (Å²) in [5.74, 6) is 4.23. The molecule has 2 aromatic rings. The predicted octanol–water partition coefficient (Wildman–Crippen LogP) is 3.48. The van der Waals surface area contributed by atoms with E-state index < -0.39 is 17.7 Å². The van der Waals surface area contributed by atoms with Crippen molar-refractivity contribution < 1.29 is 8.78 Å². The second-order valence-corrected chi connectivity index (χ2v) is 4.66. The van der Waals surface area contributed by atoms with E-state index in [2.05, 4.69) is 5.43 Å². The van der Waals surface area contributed by atoms with Crippen molar-refractivity contribution in [3.05, 3.63) is 69.7 Å². The van der Waals surface area contributed by atoms with Gasteiger partial charge in [0.25, 0.3) is 0 Å². The lowest BCUT2D eigenvalue weighted by atomic mass is 9.95. The van der Waals surface area contributed by atoms with Gasteiger partial charge in [-0.3, -0.25) is 5.84 Å². The third kappa shape index (κ3) is 2.92. The summed E-state index contributed by atoms with van der Waals surface area (Å²) in [5, 5.41) is 0.578. The molecule has 0 spiro atoms. The van der Waals surface area contributed by atoms with Crippen molar-refractivity contribution in [2.24, 2.45) is 5.84 Å². The van der Waals surface area contributed by atoms with Crippen LogP contribution < -0.4 is 11.3 Å². The molecule has 100 valence electrons. The van der Waals surface area contributed by atoms with Gasteiger partial charge >= 0.3 is 0 Å². The second kappa shape index (κ2) is 5.65. The average molecular weight is 283 g/mol. The van der Waals surface area contributed by atoms with Crippen LogP contribution in [0.3, 0.4) is 0 Å². The third-order valence-corrected chi connectivity index (χ3v) is 3.41. The molecule has 0 aliphatic rings. The van der Waals surface area contributed by atoms with Crippen LogP contribution in [0.2, 0.25) is 5.02 Å². The highest BCUT2D eigenvalue weighted by Gasteiger charge is 2.17. The van der Waals surface area contributed by atoms with Gasteiger partial charge in [-0.2, -0.15) is 0 Å². The Hall–Kier alpha value is -1.49. The first-order valence-electron chi connectivity index (χ1n) is 5.70. The Labute approximate surface area is 115 Å². The third-order valence-electron chi connectivity index (χ3n) is 3.01. The molecule has 3 N–H and O–H groups in total. The van der Waals surface area contributed by atoms with Gasteiger partial charge in [-0.25, -0.2) is 14.2 Å². The summed E-state index contributed by atoms with van der Waals surface area (Å²) < 4.78 is 26.6. The number of hydrazine groups is 1. The maximum absolute atomic E-state index is 13.3. The molecule has 0 radical (unpaired) electrons. The van der Waals surface area contributed by atoms with E-state index in [1.807, 2.05) is 13.0 Å². The topological polar surface area (TPSA) is 38.0 Å². The lowest BCUT2D eigenvalue weighted by molar-refractivity contribution is 0.565. The van der Waals surface area contributed by atoms with Crippen LogP contribution in [0.4, 0.5) is 8.78 Å². The fourth-order valence-electron chi connectivity index (χ4n) is 2.04. The molecule has 0 amide bonds. The number of benzene rings is 2. The zero-order chi connectivity index (χ0) is 14.0. The minimum absolute atomic E-state index is 0.408. The number of halogens is 3. The van der Waals surface area contributed by atoms with Crippen LogP contribution in [0.25, 0.3) is 0 Å². The van der Waals surface area contributed by atoms with Crippen LogP contribution in [0.5, 0.6) is 0 Å². The van der Waals surface area contributed by atoms with E-state index in [0.29, 0.717) is 10.6 Å². The minimum Gasteiger partial charge on any atom is -0.271 e. The van der Waals surface area contributed by atoms with E-state index in [1.54, 1.807) is 12.1 Å². The van der Waals surface area contributed by atoms with Crippen LogP contribution in [0, 0.1) is 18.6 Å². The molecule has 0 aliphatic carbocycles. The van der Waals surface area contributed by atoms with Gasteiger partial charge in [0.15, 0.2) is 0 Å². The number of rotatable bonds is 3. The van der Waals surface area contributed by atoms with E-state index >= 15 is 0 Å². The molecule has 0 aromatic heterocycles. The van der Waals surface area contributed by atoms with Crippen molar-refractivity contribution in [3.8, 4) is 0 Å². The molecule has 0 saturated heterocycles. The molecule has 1 atom stereocenters. The summed E-state index contributed by atoms with van der Waals surface area (Å²) in [4.78, 5) is 0. The number of nitrogens with two attached hydrogens (primary N) is 1. The summed E-state index contributed by atoms with van der Waals surface area (Å²) in [7, 11) is 0. The lowest BCUT2D eigenvalue weighted by Gasteiger charge is -2.20. The van der Waals surface area contributed by atoms with Gasteiger partial charge in [0.2, 0.25) is 0 Å². The Balaban J connectivity index is 2.53. The number of hydrogen-bond acceptors (Lipinski definition) is 2. The molecule has 0 fully saturated rings. The summed E-state index contributed by atoms with van der Waals surface area (Å²) in [6.07, 6.45) is 0. The Morgan fingerprint density at radius 2 is 1.79 bits per heavy atom. The molecule has 0 bridgehead atoms. The monoisotopic (exact) mass is 282 g/mol. The first kappa shape index (κ1) is 13.9. The molecular formula is C14H13ClF2N2. The summed E-state index contributed by atoms with van der Waals surface area (Å²) in [6, 6.07) is 8.12. The second-order valence-electron chi connectivity index (χ2n) is 4.26. The van der Waals surface area contributed by atoms with Gasteiger partial charge in [0.1, 0.15) is 11.6 Å². The molecule has 0 saturated carbocycles. The largest absolute Gasteiger partial charge is 0.271 e. The quantitative estimate of drug-likeness (QED) is 0.668. The van der Waals surface area contributed by atoms with Crippen molar-refractivity contribution in [2.75, 3.05) is 0 Å². The summed E-state index contributed by atoms with van der Waals surface area (Å²) in [6.45, 7) is 1.83. The normalized spacial score (nSPS) is 12.5. The van der Waals surface area contributed by atoms with Crippen molar-refractivity contribution in [2.45, 2.75) is 13.0 Å².